The van der Waals surface area contributed by atoms with Gasteiger partial charge in [0.05, 0.1) is 18.3 Å². The van der Waals surface area contributed by atoms with Gasteiger partial charge in [-0.15, -0.1) is 0 Å². The third-order valence-corrected chi connectivity index (χ3v) is 5.22. The maximum atomic E-state index is 11.5. The van der Waals surface area contributed by atoms with Gasteiger partial charge in [0.1, 0.15) is 5.69 Å². The zero-order chi connectivity index (χ0) is 18.1. The van der Waals surface area contributed by atoms with Crippen LogP contribution < -0.4 is 0 Å². The predicted molar refractivity (Wildman–Crippen MR) is 90.7 cm³/mol. The molecule has 2 aliphatic rings. The summed E-state index contributed by atoms with van der Waals surface area (Å²) in [5, 5.41) is 14.2. The molecular formula is C17H22N6O3. The van der Waals surface area contributed by atoms with Crippen LogP contribution >= 0.6 is 0 Å². The maximum absolute atomic E-state index is 11.5. The Bertz CT molecular complexity index is 759. The Morgan fingerprint density at radius 2 is 2.12 bits per heavy atom. The highest BCUT2D eigenvalue weighted by atomic mass is 16.5. The summed E-state index contributed by atoms with van der Waals surface area (Å²) in [6.45, 7) is 3.68. The van der Waals surface area contributed by atoms with Gasteiger partial charge in [0.25, 0.3) is 0 Å². The van der Waals surface area contributed by atoms with Crippen LogP contribution in [0.15, 0.2) is 23.1 Å². The number of hydrogen-bond donors (Lipinski definition) is 1. The molecule has 138 valence electrons. The van der Waals surface area contributed by atoms with E-state index in [1.807, 2.05) is 4.90 Å². The Morgan fingerprint density at radius 3 is 2.81 bits per heavy atom. The Balaban J connectivity index is 1.50. The summed E-state index contributed by atoms with van der Waals surface area (Å²) in [5.74, 6) is 1.02. The molecule has 9 nitrogen and oxygen atoms in total. The van der Waals surface area contributed by atoms with E-state index < -0.39 is 6.10 Å². The first-order valence-electron chi connectivity index (χ1n) is 8.91. The van der Waals surface area contributed by atoms with E-state index in [9.17, 15) is 9.90 Å². The van der Waals surface area contributed by atoms with Crippen molar-refractivity contribution in [1.29, 1.82) is 0 Å². The summed E-state index contributed by atoms with van der Waals surface area (Å²) in [5.41, 5.74) is 0.558. The van der Waals surface area contributed by atoms with E-state index in [-0.39, 0.29) is 11.9 Å². The highest BCUT2D eigenvalue weighted by Crippen LogP contribution is 2.36. The SMILES string of the molecule is CC(=O)N1CCC(N2C[C@H](O)C[C@H]2c2nc(-c3cnccn3)no2)CC1. The quantitative estimate of drug-likeness (QED) is 0.852. The van der Waals surface area contributed by atoms with Crippen molar-refractivity contribution in [2.24, 2.45) is 0 Å². The normalized spacial score (nSPS) is 24.9. The van der Waals surface area contributed by atoms with Gasteiger partial charge in [-0.25, -0.2) is 4.98 Å². The summed E-state index contributed by atoms with van der Waals surface area (Å²) in [6, 6.07) is 0.177. The first-order chi connectivity index (χ1) is 12.6. The zero-order valence-electron chi connectivity index (χ0n) is 14.7. The molecule has 0 aromatic carbocycles. The Labute approximate surface area is 151 Å². The van der Waals surface area contributed by atoms with Crippen LogP contribution in [-0.2, 0) is 4.79 Å². The minimum Gasteiger partial charge on any atom is -0.392 e. The minimum absolute atomic E-state index is 0.114. The summed E-state index contributed by atoms with van der Waals surface area (Å²) in [7, 11) is 0. The summed E-state index contributed by atoms with van der Waals surface area (Å²) >= 11 is 0. The van der Waals surface area contributed by atoms with Gasteiger partial charge in [-0.3, -0.25) is 14.7 Å². The first kappa shape index (κ1) is 17.0. The lowest BCUT2D eigenvalue weighted by molar-refractivity contribution is -0.130. The van der Waals surface area contributed by atoms with Crippen LogP contribution in [0.2, 0.25) is 0 Å². The molecule has 0 spiro atoms. The second-order valence-corrected chi connectivity index (χ2v) is 6.89. The minimum atomic E-state index is -0.419. The Morgan fingerprint density at radius 1 is 1.31 bits per heavy atom. The fourth-order valence-corrected chi connectivity index (χ4v) is 3.89. The van der Waals surface area contributed by atoms with Gasteiger partial charge in [-0.2, -0.15) is 4.98 Å². The van der Waals surface area contributed by atoms with Crippen molar-refractivity contribution in [3.05, 3.63) is 24.5 Å². The second kappa shape index (κ2) is 7.08. The average Bonchev–Trinajstić information content (AvgIpc) is 3.29. The average molecular weight is 358 g/mol. The van der Waals surface area contributed by atoms with Crippen LogP contribution in [0.1, 0.15) is 38.1 Å². The van der Waals surface area contributed by atoms with Gasteiger partial charge in [-0.1, -0.05) is 5.16 Å². The Hall–Kier alpha value is -2.39. The zero-order valence-corrected chi connectivity index (χ0v) is 14.7. The molecule has 1 amide bonds. The van der Waals surface area contributed by atoms with Crippen molar-refractivity contribution in [3.63, 3.8) is 0 Å². The molecule has 26 heavy (non-hydrogen) atoms. The van der Waals surface area contributed by atoms with Crippen molar-refractivity contribution >= 4 is 5.91 Å². The molecule has 9 heteroatoms. The number of likely N-dealkylation sites (tertiary alicyclic amines) is 2. The number of aromatic nitrogens is 4. The third-order valence-electron chi connectivity index (χ3n) is 5.22. The number of carbonyl (C=O) groups excluding carboxylic acids is 1. The fourth-order valence-electron chi connectivity index (χ4n) is 3.89. The van der Waals surface area contributed by atoms with E-state index in [0.717, 1.165) is 25.9 Å². The maximum Gasteiger partial charge on any atom is 0.244 e. The van der Waals surface area contributed by atoms with Crippen LogP contribution in [0.3, 0.4) is 0 Å². The second-order valence-electron chi connectivity index (χ2n) is 6.89. The molecule has 0 unspecified atom stereocenters. The van der Waals surface area contributed by atoms with Crippen molar-refractivity contribution in [3.8, 4) is 11.5 Å². The van der Waals surface area contributed by atoms with Gasteiger partial charge in [0, 0.05) is 45.0 Å². The van der Waals surface area contributed by atoms with Gasteiger partial charge in [-0.05, 0) is 19.3 Å². The monoisotopic (exact) mass is 358 g/mol. The lowest BCUT2D eigenvalue weighted by Crippen LogP contribution is -2.46. The van der Waals surface area contributed by atoms with Crippen LogP contribution in [0.25, 0.3) is 11.5 Å². The molecule has 2 saturated heterocycles. The number of nitrogens with zero attached hydrogens (tertiary/aromatic N) is 6. The van der Waals surface area contributed by atoms with Crippen molar-refractivity contribution in [1.82, 2.24) is 29.9 Å². The molecule has 0 saturated carbocycles. The van der Waals surface area contributed by atoms with E-state index >= 15 is 0 Å². The fraction of sp³-hybridized carbons (Fsp3) is 0.588. The van der Waals surface area contributed by atoms with Crippen molar-refractivity contribution in [2.45, 2.75) is 44.4 Å². The summed E-state index contributed by atoms with van der Waals surface area (Å²) < 4.78 is 5.49. The van der Waals surface area contributed by atoms with Gasteiger partial charge >= 0.3 is 0 Å². The molecule has 2 aromatic rings. The van der Waals surface area contributed by atoms with E-state index in [0.29, 0.717) is 36.4 Å². The van der Waals surface area contributed by atoms with Gasteiger partial charge < -0.3 is 14.5 Å². The lowest BCUT2D eigenvalue weighted by atomic mass is 10.0. The molecule has 2 atom stereocenters. The van der Waals surface area contributed by atoms with Gasteiger partial charge in [0.2, 0.25) is 17.6 Å². The van der Waals surface area contributed by atoms with E-state index in [4.69, 9.17) is 4.52 Å². The number of β-amino-alcohol motifs (C(OH)–C–C–N with tert-alkyl or cyclic N) is 1. The molecule has 2 fully saturated rings. The Kier molecular flexibility index (Phi) is 4.64. The highest BCUT2D eigenvalue weighted by Gasteiger charge is 2.40. The number of piperidine rings is 1. The van der Waals surface area contributed by atoms with Crippen LogP contribution in [0, 0.1) is 0 Å². The number of rotatable bonds is 3. The molecule has 2 aliphatic heterocycles. The molecule has 4 heterocycles. The van der Waals surface area contributed by atoms with E-state index in [2.05, 4.69) is 25.0 Å². The molecule has 0 radical (unpaired) electrons. The number of aliphatic hydroxyl groups excluding tert-OH is 1. The lowest BCUT2D eigenvalue weighted by Gasteiger charge is -2.38. The summed E-state index contributed by atoms with van der Waals surface area (Å²) in [6.07, 6.45) is 6.68. The number of hydrogen-bond acceptors (Lipinski definition) is 8. The predicted octanol–water partition coefficient (Wildman–Crippen LogP) is 0.645. The van der Waals surface area contributed by atoms with E-state index in [1.165, 1.54) is 0 Å². The molecular weight excluding hydrogens is 336 g/mol. The number of aliphatic hydroxyl groups is 1. The van der Waals surface area contributed by atoms with Crippen LogP contribution in [-0.4, -0.2) is 72.7 Å². The third kappa shape index (κ3) is 3.32. The smallest absolute Gasteiger partial charge is 0.244 e. The first-order valence-corrected chi connectivity index (χ1v) is 8.91. The molecule has 2 aromatic heterocycles. The van der Waals surface area contributed by atoms with Crippen LogP contribution in [0.5, 0.6) is 0 Å². The van der Waals surface area contributed by atoms with E-state index in [1.54, 1.807) is 25.5 Å². The largest absolute Gasteiger partial charge is 0.392 e. The van der Waals surface area contributed by atoms with Crippen LogP contribution in [0.4, 0.5) is 0 Å². The topological polar surface area (TPSA) is 108 Å². The molecule has 0 aliphatic carbocycles. The number of amides is 1. The number of carbonyl (C=O) groups is 1. The molecule has 1 N–H and O–H groups in total. The summed E-state index contributed by atoms with van der Waals surface area (Å²) in [4.78, 5) is 28.3. The molecule has 0 bridgehead atoms. The van der Waals surface area contributed by atoms with Crippen molar-refractivity contribution < 1.29 is 14.4 Å². The van der Waals surface area contributed by atoms with Gasteiger partial charge in [0.15, 0.2) is 0 Å². The standard InChI is InChI=1S/C17H22N6O3/c1-11(24)22-6-2-12(3-7-22)23-10-13(25)8-15(23)17-20-16(21-26-17)14-9-18-4-5-19-14/h4-5,9,12-13,15,25H,2-3,6-8,10H2,1H3/t13-,15+/m1/s1. The highest BCUT2D eigenvalue weighted by molar-refractivity contribution is 5.73. The molecule has 4 rings (SSSR count). The van der Waals surface area contributed by atoms with Crippen molar-refractivity contribution in [2.75, 3.05) is 19.6 Å².